The summed E-state index contributed by atoms with van der Waals surface area (Å²) >= 11 is 0. The van der Waals surface area contributed by atoms with Crippen LogP contribution in [0.1, 0.15) is 26.2 Å². The Morgan fingerprint density at radius 2 is 1.54 bits per heavy atom. The second-order valence-electron chi connectivity index (χ2n) is 8.39. The first kappa shape index (κ1) is 13.6. The van der Waals surface area contributed by atoms with Crippen LogP contribution >= 0.6 is 0 Å². The molecule has 7 rings (SSSR count). The third-order valence-electron chi connectivity index (χ3n) is 7.79. The van der Waals surface area contributed by atoms with Gasteiger partial charge in [-0.25, -0.2) is 0 Å². The number of cyclic esters (lactones) is 2. The molecular weight excluding hydrogens is 308 g/mol. The number of ether oxygens (including phenoxy) is 2. The second kappa shape index (κ2) is 4.12. The summed E-state index contributed by atoms with van der Waals surface area (Å²) in [5, 5.41) is 0. The first-order chi connectivity index (χ1) is 11.6. The van der Waals surface area contributed by atoms with Gasteiger partial charge in [-0.1, -0.05) is 11.1 Å². The van der Waals surface area contributed by atoms with E-state index in [0.29, 0.717) is 18.4 Å². The van der Waals surface area contributed by atoms with E-state index in [2.05, 4.69) is 0 Å². The van der Waals surface area contributed by atoms with E-state index in [4.69, 9.17) is 9.47 Å². The number of rotatable bonds is 2. The Morgan fingerprint density at radius 3 is 2.04 bits per heavy atom. The zero-order valence-electron chi connectivity index (χ0n) is 13.6. The van der Waals surface area contributed by atoms with Crippen LogP contribution in [0.4, 0.5) is 0 Å². The number of allylic oxidation sites excluding steroid dienone is 2. The highest BCUT2D eigenvalue weighted by Gasteiger charge is 2.78. The topological polar surface area (TPSA) is 69.7 Å². The van der Waals surface area contributed by atoms with Crippen molar-refractivity contribution in [2.75, 3.05) is 6.61 Å². The summed E-state index contributed by atoms with van der Waals surface area (Å²) in [7, 11) is 0. The summed E-state index contributed by atoms with van der Waals surface area (Å²) in [5.41, 5.74) is 2.91. The molecule has 0 aromatic heterocycles. The molecule has 5 heteroatoms. The van der Waals surface area contributed by atoms with E-state index < -0.39 is 0 Å². The van der Waals surface area contributed by atoms with E-state index in [1.165, 1.54) is 30.4 Å². The fourth-order valence-electron chi connectivity index (χ4n) is 7.33. The van der Waals surface area contributed by atoms with E-state index in [1.807, 2.05) is 6.92 Å². The van der Waals surface area contributed by atoms with Crippen molar-refractivity contribution in [1.29, 1.82) is 0 Å². The zero-order chi connectivity index (χ0) is 16.3. The van der Waals surface area contributed by atoms with Crippen LogP contribution in [0.3, 0.4) is 0 Å². The standard InChI is InChI=1S/C19H20O5/c1-2-23-17(20)14-12-10-8-6-3-4-7(5-6)9(8)11(13(12)14)16-15(10)18(21)24-19(16)22/h6-7,10-16H,2-5H2,1H3/t6-,7+,10+,11-,12-,13+,14?,15-,16+. The molecule has 9 atom stereocenters. The molecule has 3 saturated carbocycles. The van der Waals surface area contributed by atoms with Gasteiger partial charge < -0.3 is 9.47 Å². The maximum atomic E-state index is 12.4. The molecule has 6 aliphatic carbocycles. The molecule has 24 heavy (non-hydrogen) atoms. The van der Waals surface area contributed by atoms with Crippen molar-refractivity contribution in [3.8, 4) is 0 Å². The van der Waals surface area contributed by atoms with Gasteiger partial charge in [0, 0.05) is 0 Å². The number of hydrogen-bond acceptors (Lipinski definition) is 5. The zero-order valence-corrected chi connectivity index (χ0v) is 13.6. The minimum atomic E-state index is -0.345. The van der Waals surface area contributed by atoms with Gasteiger partial charge in [-0.3, -0.25) is 14.4 Å². The van der Waals surface area contributed by atoms with Crippen LogP contribution < -0.4 is 0 Å². The van der Waals surface area contributed by atoms with Crippen molar-refractivity contribution in [1.82, 2.24) is 0 Å². The normalized spacial score (nSPS) is 52.1. The molecule has 5 nitrogen and oxygen atoms in total. The van der Waals surface area contributed by atoms with Gasteiger partial charge in [-0.05, 0) is 61.7 Å². The van der Waals surface area contributed by atoms with Gasteiger partial charge >= 0.3 is 17.9 Å². The average molecular weight is 328 g/mol. The Labute approximate surface area is 139 Å². The average Bonchev–Trinajstić information content (AvgIpc) is 2.84. The minimum absolute atomic E-state index is 0.0589. The van der Waals surface area contributed by atoms with Crippen molar-refractivity contribution in [2.24, 2.45) is 53.3 Å². The van der Waals surface area contributed by atoms with Gasteiger partial charge in [0.05, 0.1) is 24.4 Å². The number of carbonyl (C=O) groups excluding carboxylic acids is 3. The van der Waals surface area contributed by atoms with Gasteiger partial charge in [-0.2, -0.15) is 0 Å². The van der Waals surface area contributed by atoms with Crippen LogP contribution in [0.15, 0.2) is 11.1 Å². The van der Waals surface area contributed by atoms with Gasteiger partial charge in [0.2, 0.25) is 0 Å². The van der Waals surface area contributed by atoms with E-state index >= 15 is 0 Å². The quantitative estimate of drug-likeness (QED) is 0.438. The van der Waals surface area contributed by atoms with E-state index in [1.54, 1.807) is 0 Å². The summed E-state index contributed by atoms with van der Waals surface area (Å²) in [6.45, 7) is 2.21. The Bertz CT molecular complexity index is 686. The third kappa shape index (κ3) is 1.31. The molecule has 0 radical (unpaired) electrons. The van der Waals surface area contributed by atoms with Crippen LogP contribution in [0, 0.1) is 53.3 Å². The second-order valence-corrected chi connectivity index (χ2v) is 8.39. The van der Waals surface area contributed by atoms with Gasteiger partial charge in [0.25, 0.3) is 0 Å². The van der Waals surface area contributed by atoms with Crippen LogP contribution in [0.5, 0.6) is 0 Å². The van der Waals surface area contributed by atoms with Gasteiger partial charge in [-0.15, -0.1) is 0 Å². The fraction of sp³-hybridized carbons (Fsp3) is 0.737. The lowest BCUT2D eigenvalue weighted by Crippen LogP contribution is -2.46. The highest BCUT2D eigenvalue weighted by molar-refractivity contribution is 5.99. The maximum absolute atomic E-state index is 12.4. The van der Waals surface area contributed by atoms with Gasteiger partial charge in [0.1, 0.15) is 0 Å². The third-order valence-corrected chi connectivity index (χ3v) is 7.79. The lowest BCUT2D eigenvalue weighted by molar-refractivity contribution is -0.154. The molecule has 0 amide bonds. The first-order valence-corrected chi connectivity index (χ1v) is 9.29. The van der Waals surface area contributed by atoms with Crippen LogP contribution in [0.2, 0.25) is 0 Å². The monoisotopic (exact) mass is 328 g/mol. The predicted molar refractivity (Wildman–Crippen MR) is 80.0 cm³/mol. The SMILES string of the molecule is CCOC(=O)C1[C@@H]2[C@@H]3C4=C([C@H]5CC[C@@H]4C5)[C@@H]([C@@H]4C(=O)OC(=O)[C@@H]43)[C@H]12. The predicted octanol–water partition coefficient (Wildman–Crippen LogP) is 1.71. The smallest absolute Gasteiger partial charge is 0.318 e. The molecule has 1 unspecified atom stereocenters. The minimum Gasteiger partial charge on any atom is -0.466 e. The number of esters is 3. The molecule has 0 aromatic rings. The Kier molecular flexibility index (Phi) is 2.34. The summed E-state index contributed by atoms with van der Waals surface area (Å²) in [6.07, 6.45) is 3.60. The molecule has 1 aliphatic heterocycles. The molecule has 0 aromatic carbocycles. The van der Waals surface area contributed by atoms with E-state index in [-0.39, 0.29) is 59.3 Å². The van der Waals surface area contributed by atoms with Crippen molar-refractivity contribution in [3.63, 3.8) is 0 Å². The lowest BCUT2D eigenvalue weighted by atomic mass is 9.54. The fourth-order valence-corrected chi connectivity index (χ4v) is 7.33. The molecule has 126 valence electrons. The number of carbonyl (C=O) groups is 3. The summed E-state index contributed by atoms with van der Waals surface area (Å²) in [4.78, 5) is 37.2. The summed E-state index contributed by atoms with van der Waals surface area (Å²) < 4.78 is 10.3. The van der Waals surface area contributed by atoms with E-state index in [0.717, 1.165) is 0 Å². The number of hydrogen-bond donors (Lipinski definition) is 0. The molecule has 1 saturated heterocycles. The highest BCUT2D eigenvalue weighted by Crippen LogP contribution is 2.77. The molecule has 0 spiro atoms. The molecule has 4 fully saturated rings. The number of fused-ring (bicyclic) bond motifs is 2. The van der Waals surface area contributed by atoms with Crippen LogP contribution in [-0.2, 0) is 23.9 Å². The van der Waals surface area contributed by atoms with Crippen LogP contribution in [-0.4, -0.2) is 24.5 Å². The van der Waals surface area contributed by atoms with Crippen LogP contribution in [0.25, 0.3) is 0 Å². The van der Waals surface area contributed by atoms with E-state index in [9.17, 15) is 14.4 Å². The molecule has 0 N–H and O–H groups in total. The van der Waals surface area contributed by atoms with Gasteiger partial charge in [0.15, 0.2) is 0 Å². The Balaban J connectivity index is 1.49. The summed E-state index contributed by atoms with van der Waals surface area (Å²) in [5.74, 6) is 0.0729. The maximum Gasteiger partial charge on any atom is 0.318 e. The summed E-state index contributed by atoms with van der Waals surface area (Å²) in [6, 6.07) is 0. The van der Waals surface area contributed by atoms with Crippen molar-refractivity contribution >= 4 is 17.9 Å². The Morgan fingerprint density at radius 1 is 1.00 bits per heavy atom. The van der Waals surface area contributed by atoms with Crippen molar-refractivity contribution in [3.05, 3.63) is 11.1 Å². The molecule has 7 aliphatic rings. The molecule has 4 bridgehead atoms. The van der Waals surface area contributed by atoms with Crippen molar-refractivity contribution < 1.29 is 23.9 Å². The largest absolute Gasteiger partial charge is 0.466 e. The molecular formula is C19H20O5. The highest BCUT2D eigenvalue weighted by atomic mass is 16.6. The first-order valence-electron chi connectivity index (χ1n) is 9.29. The molecule has 1 heterocycles. The lowest BCUT2D eigenvalue weighted by Gasteiger charge is -2.46. The van der Waals surface area contributed by atoms with Crippen molar-refractivity contribution in [2.45, 2.75) is 26.2 Å². The Hall–Kier alpha value is -1.65.